The quantitative estimate of drug-likeness (QED) is 0.781. The molecule has 1 aromatic heterocycles. The van der Waals surface area contributed by atoms with Crippen LogP contribution in [0.5, 0.6) is 0 Å². The fourth-order valence-electron chi connectivity index (χ4n) is 2.67. The molecular weight excluding hydrogens is 198 g/mol. The molecule has 16 heavy (non-hydrogen) atoms. The summed E-state index contributed by atoms with van der Waals surface area (Å²) in [7, 11) is 2.16. The van der Waals surface area contributed by atoms with Crippen molar-refractivity contribution in [2.45, 2.75) is 52.1 Å². The third-order valence-electron chi connectivity index (χ3n) is 3.62. The Bertz CT molecular complexity index is 365. The van der Waals surface area contributed by atoms with Crippen molar-refractivity contribution in [2.75, 3.05) is 13.6 Å². The van der Waals surface area contributed by atoms with E-state index >= 15 is 0 Å². The van der Waals surface area contributed by atoms with Crippen LogP contribution in [-0.4, -0.2) is 28.0 Å². The van der Waals surface area contributed by atoms with E-state index in [1.54, 1.807) is 0 Å². The maximum Gasteiger partial charge on any atom is 0.123 e. The Balaban J connectivity index is 2.30. The standard InChI is InChI=1S/C13H23N3/c1-5-6-13(2,3)11-9-14-12-10-15(4)7-8-16(11)12/h9H,5-8,10H2,1-4H3. The van der Waals surface area contributed by atoms with E-state index in [0.29, 0.717) is 0 Å². The molecule has 0 radical (unpaired) electrons. The lowest BCUT2D eigenvalue weighted by atomic mass is 9.84. The van der Waals surface area contributed by atoms with Crippen LogP contribution in [0.2, 0.25) is 0 Å². The SMILES string of the molecule is CCCC(C)(C)c1cnc2n1CCN(C)C2. The summed E-state index contributed by atoms with van der Waals surface area (Å²) in [5, 5.41) is 0. The lowest BCUT2D eigenvalue weighted by Gasteiger charge is -2.30. The normalized spacial score (nSPS) is 17.5. The van der Waals surface area contributed by atoms with Gasteiger partial charge in [-0.05, 0) is 13.5 Å². The van der Waals surface area contributed by atoms with Crippen molar-refractivity contribution < 1.29 is 0 Å². The van der Waals surface area contributed by atoms with Gasteiger partial charge in [0.2, 0.25) is 0 Å². The fraction of sp³-hybridized carbons (Fsp3) is 0.769. The van der Waals surface area contributed by atoms with Gasteiger partial charge < -0.3 is 4.57 Å². The first-order chi connectivity index (χ1) is 7.54. The molecule has 0 aromatic carbocycles. The van der Waals surface area contributed by atoms with Gasteiger partial charge in [-0.2, -0.15) is 0 Å². The van der Waals surface area contributed by atoms with Crippen molar-refractivity contribution in [1.82, 2.24) is 14.5 Å². The summed E-state index contributed by atoms with van der Waals surface area (Å²) in [5.74, 6) is 1.23. The largest absolute Gasteiger partial charge is 0.329 e. The van der Waals surface area contributed by atoms with Crippen molar-refractivity contribution in [3.8, 4) is 0 Å². The molecule has 1 aliphatic heterocycles. The number of imidazole rings is 1. The lowest BCUT2D eigenvalue weighted by molar-refractivity contribution is 0.256. The summed E-state index contributed by atoms with van der Waals surface area (Å²) in [6, 6.07) is 0. The Kier molecular flexibility index (Phi) is 3.06. The molecule has 0 amide bonds. The van der Waals surface area contributed by atoms with Gasteiger partial charge in [-0.15, -0.1) is 0 Å². The molecule has 2 rings (SSSR count). The third-order valence-corrected chi connectivity index (χ3v) is 3.62. The lowest BCUT2D eigenvalue weighted by Crippen LogP contribution is -2.33. The van der Waals surface area contributed by atoms with Crippen LogP contribution in [0.15, 0.2) is 6.20 Å². The zero-order valence-electron chi connectivity index (χ0n) is 11.0. The average molecular weight is 221 g/mol. The van der Waals surface area contributed by atoms with Gasteiger partial charge in [-0.25, -0.2) is 4.98 Å². The molecule has 0 atom stereocenters. The number of nitrogens with zero attached hydrogens (tertiary/aromatic N) is 3. The number of likely N-dealkylation sites (N-methyl/N-ethyl adjacent to an activating group) is 1. The van der Waals surface area contributed by atoms with E-state index in [0.717, 1.165) is 19.6 Å². The summed E-state index contributed by atoms with van der Waals surface area (Å²) < 4.78 is 2.43. The van der Waals surface area contributed by atoms with E-state index in [2.05, 4.69) is 48.5 Å². The average Bonchev–Trinajstić information content (AvgIpc) is 2.60. The number of fused-ring (bicyclic) bond motifs is 1. The topological polar surface area (TPSA) is 21.1 Å². The van der Waals surface area contributed by atoms with Crippen LogP contribution in [0.4, 0.5) is 0 Å². The van der Waals surface area contributed by atoms with Gasteiger partial charge >= 0.3 is 0 Å². The highest BCUT2D eigenvalue weighted by Crippen LogP contribution is 2.30. The molecule has 1 aromatic rings. The minimum atomic E-state index is 0.260. The van der Waals surface area contributed by atoms with Gasteiger partial charge in [0.25, 0.3) is 0 Å². The molecule has 0 aliphatic carbocycles. The minimum Gasteiger partial charge on any atom is -0.329 e. The molecule has 3 nitrogen and oxygen atoms in total. The van der Waals surface area contributed by atoms with E-state index in [-0.39, 0.29) is 5.41 Å². The van der Waals surface area contributed by atoms with Gasteiger partial charge in [0, 0.05) is 30.4 Å². The minimum absolute atomic E-state index is 0.260. The summed E-state index contributed by atoms with van der Waals surface area (Å²) in [6.07, 6.45) is 4.55. The van der Waals surface area contributed by atoms with Crippen LogP contribution < -0.4 is 0 Å². The van der Waals surface area contributed by atoms with Gasteiger partial charge in [-0.1, -0.05) is 27.2 Å². The van der Waals surface area contributed by atoms with Crippen LogP contribution in [0.1, 0.15) is 45.1 Å². The first-order valence-electron chi connectivity index (χ1n) is 6.28. The molecule has 1 aliphatic rings. The summed E-state index contributed by atoms with van der Waals surface area (Å²) in [5.41, 5.74) is 1.67. The third kappa shape index (κ3) is 2.01. The van der Waals surface area contributed by atoms with E-state index in [9.17, 15) is 0 Å². The zero-order valence-corrected chi connectivity index (χ0v) is 11.0. The van der Waals surface area contributed by atoms with Crippen LogP contribution >= 0.6 is 0 Å². The van der Waals surface area contributed by atoms with Gasteiger partial charge in [-0.3, -0.25) is 4.90 Å². The maximum absolute atomic E-state index is 4.58. The number of aromatic nitrogens is 2. The molecule has 90 valence electrons. The highest BCUT2D eigenvalue weighted by molar-refractivity contribution is 5.17. The van der Waals surface area contributed by atoms with Crippen LogP contribution in [0, 0.1) is 0 Å². The Hall–Kier alpha value is -0.830. The molecule has 3 heteroatoms. The van der Waals surface area contributed by atoms with Crippen molar-refractivity contribution in [3.05, 3.63) is 17.7 Å². The molecular formula is C13H23N3. The predicted octanol–water partition coefficient (Wildman–Crippen LogP) is 2.41. The first kappa shape index (κ1) is 11.6. The van der Waals surface area contributed by atoms with E-state index in [1.807, 2.05) is 0 Å². The summed E-state index contributed by atoms with van der Waals surface area (Å²) >= 11 is 0. The second-order valence-electron chi connectivity index (χ2n) is 5.58. The molecule has 0 fully saturated rings. The second-order valence-corrected chi connectivity index (χ2v) is 5.58. The zero-order chi connectivity index (χ0) is 11.8. The van der Waals surface area contributed by atoms with Gasteiger partial charge in [0.05, 0.1) is 6.54 Å². The second kappa shape index (κ2) is 4.21. The van der Waals surface area contributed by atoms with Gasteiger partial charge in [0.1, 0.15) is 5.82 Å². The number of hydrogen-bond acceptors (Lipinski definition) is 2. The molecule has 0 spiro atoms. The number of hydrogen-bond donors (Lipinski definition) is 0. The highest BCUT2D eigenvalue weighted by atomic mass is 15.2. The molecule has 0 unspecified atom stereocenters. The Morgan fingerprint density at radius 1 is 1.38 bits per heavy atom. The number of rotatable bonds is 3. The summed E-state index contributed by atoms with van der Waals surface area (Å²) in [6.45, 7) is 10.1. The Morgan fingerprint density at radius 3 is 2.81 bits per heavy atom. The van der Waals surface area contributed by atoms with Crippen molar-refractivity contribution in [3.63, 3.8) is 0 Å². The van der Waals surface area contributed by atoms with Crippen LogP contribution in [-0.2, 0) is 18.5 Å². The van der Waals surface area contributed by atoms with Crippen molar-refractivity contribution in [1.29, 1.82) is 0 Å². The fourth-order valence-corrected chi connectivity index (χ4v) is 2.67. The molecule has 2 heterocycles. The Morgan fingerprint density at radius 2 is 2.12 bits per heavy atom. The first-order valence-corrected chi connectivity index (χ1v) is 6.28. The van der Waals surface area contributed by atoms with Crippen molar-refractivity contribution >= 4 is 0 Å². The predicted molar refractivity (Wildman–Crippen MR) is 66.5 cm³/mol. The highest BCUT2D eigenvalue weighted by Gasteiger charge is 2.27. The molecule has 0 N–H and O–H groups in total. The molecule has 0 saturated carbocycles. The van der Waals surface area contributed by atoms with Crippen LogP contribution in [0.3, 0.4) is 0 Å². The maximum atomic E-state index is 4.58. The monoisotopic (exact) mass is 221 g/mol. The van der Waals surface area contributed by atoms with E-state index in [1.165, 1.54) is 24.4 Å². The van der Waals surface area contributed by atoms with Gasteiger partial charge in [0.15, 0.2) is 0 Å². The van der Waals surface area contributed by atoms with Crippen LogP contribution in [0.25, 0.3) is 0 Å². The van der Waals surface area contributed by atoms with E-state index in [4.69, 9.17) is 0 Å². The smallest absolute Gasteiger partial charge is 0.123 e. The Labute approximate surface area is 98.5 Å². The molecule has 0 bridgehead atoms. The summed E-state index contributed by atoms with van der Waals surface area (Å²) in [4.78, 5) is 6.91. The van der Waals surface area contributed by atoms with Crippen molar-refractivity contribution in [2.24, 2.45) is 0 Å². The van der Waals surface area contributed by atoms with E-state index < -0.39 is 0 Å². The molecule has 0 saturated heterocycles.